The zero-order valence-electron chi connectivity index (χ0n) is 17.8. The second-order valence-electron chi connectivity index (χ2n) is 8.14. The van der Waals surface area contributed by atoms with Crippen LogP contribution in [0.15, 0.2) is 54.6 Å². The van der Waals surface area contributed by atoms with Crippen molar-refractivity contribution >= 4 is 5.97 Å². The zero-order chi connectivity index (χ0) is 21.1. The quantitative estimate of drug-likeness (QED) is 0.578. The van der Waals surface area contributed by atoms with Crippen LogP contribution in [0.1, 0.15) is 53.8 Å². The molecule has 156 valence electrons. The van der Waals surface area contributed by atoms with E-state index in [0.717, 1.165) is 37.3 Å². The van der Waals surface area contributed by atoms with Crippen molar-refractivity contribution in [2.24, 2.45) is 0 Å². The van der Waals surface area contributed by atoms with Crippen LogP contribution in [0.2, 0.25) is 0 Å². The third-order valence-electron chi connectivity index (χ3n) is 5.49. The van der Waals surface area contributed by atoms with Crippen LogP contribution in [0.5, 0.6) is 0 Å². The summed E-state index contributed by atoms with van der Waals surface area (Å²) in [5.74, 6) is 0.680. The number of esters is 1. The van der Waals surface area contributed by atoms with Gasteiger partial charge in [-0.3, -0.25) is 4.90 Å². The minimum atomic E-state index is -0.453. The summed E-state index contributed by atoms with van der Waals surface area (Å²) < 4.78 is 7.47. The fourth-order valence-electron chi connectivity index (χ4n) is 3.96. The van der Waals surface area contributed by atoms with Crippen LogP contribution in [-0.4, -0.2) is 44.8 Å². The van der Waals surface area contributed by atoms with E-state index in [4.69, 9.17) is 4.74 Å². The average molecular weight is 405 g/mol. The van der Waals surface area contributed by atoms with Crippen molar-refractivity contribution in [2.75, 3.05) is 13.1 Å². The summed E-state index contributed by atoms with van der Waals surface area (Å²) in [6, 6.07) is 18.4. The minimum Gasteiger partial charge on any atom is -0.455 e. The van der Waals surface area contributed by atoms with Crippen LogP contribution in [0.25, 0.3) is 5.69 Å². The topological polar surface area (TPSA) is 60.2 Å². The number of benzene rings is 2. The zero-order valence-corrected chi connectivity index (χ0v) is 17.8. The average Bonchev–Trinajstić information content (AvgIpc) is 3.35. The van der Waals surface area contributed by atoms with Gasteiger partial charge in [0.2, 0.25) is 0 Å². The van der Waals surface area contributed by atoms with Crippen molar-refractivity contribution in [3.05, 3.63) is 77.4 Å². The Hall–Kier alpha value is -2.99. The fraction of sp³-hybridized carbons (Fsp3) is 0.375. The van der Waals surface area contributed by atoms with E-state index in [0.29, 0.717) is 11.7 Å². The third kappa shape index (κ3) is 4.44. The number of rotatable bonds is 6. The van der Waals surface area contributed by atoms with Crippen molar-refractivity contribution in [3.63, 3.8) is 0 Å². The molecule has 1 saturated heterocycles. The standard InChI is InChI=1S/C24H28N4O2/c1-17(2)21-11-7-8-12-22(21)28-18(3)25-23(26-28)24(29)30-20-13-14-27(16-20)15-19-9-5-4-6-10-19/h4-12,17,20H,13-16H2,1-3H3/t20-/m1/s1. The monoisotopic (exact) mass is 404 g/mol. The van der Waals surface area contributed by atoms with E-state index in [-0.39, 0.29) is 11.9 Å². The van der Waals surface area contributed by atoms with E-state index in [1.54, 1.807) is 4.68 Å². The van der Waals surface area contributed by atoms with Gasteiger partial charge in [0.15, 0.2) is 0 Å². The molecule has 6 heteroatoms. The molecule has 1 aromatic heterocycles. The van der Waals surface area contributed by atoms with Crippen LogP contribution in [0.3, 0.4) is 0 Å². The van der Waals surface area contributed by atoms with E-state index in [2.05, 4.69) is 47.0 Å². The van der Waals surface area contributed by atoms with E-state index in [1.807, 2.05) is 43.3 Å². The number of ether oxygens (including phenoxy) is 1. The minimum absolute atomic E-state index is 0.118. The normalized spacial score (nSPS) is 16.9. The lowest BCUT2D eigenvalue weighted by Crippen LogP contribution is -2.25. The Labute approximate surface area is 177 Å². The first-order valence-electron chi connectivity index (χ1n) is 10.5. The van der Waals surface area contributed by atoms with Crippen molar-refractivity contribution < 1.29 is 9.53 Å². The van der Waals surface area contributed by atoms with Crippen LogP contribution in [0.4, 0.5) is 0 Å². The molecule has 4 rings (SSSR count). The molecule has 0 unspecified atom stereocenters. The highest BCUT2D eigenvalue weighted by molar-refractivity contribution is 5.85. The number of carbonyl (C=O) groups excluding carboxylic acids is 1. The van der Waals surface area contributed by atoms with Crippen LogP contribution in [0, 0.1) is 6.92 Å². The van der Waals surface area contributed by atoms with Gasteiger partial charge < -0.3 is 4.74 Å². The number of likely N-dealkylation sites (tertiary alicyclic amines) is 1. The summed E-state index contributed by atoms with van der Waals surface area (Å²) in [5, 5.41) is 4.47. The van der Waals surface area contributed by atoms with Gasteiger partial charge >= 0.3 is 5.97 Å². The summed E-state index contributed by atoms with van der Waals surface area (Å²) in [7, 11) is 0. The Bertz CT molecular complexity index is 1010. The molecular weight excluding hydrogens is 376 g/mol. The Kier molecular flexibility index (Phi) is 5.95. The number of hydrogen-bond acceptors (Lipinski definition) is 5. The van der Waals surface area contributed by atoms with Crippen molar-refractivity contribution in [2.45, 2.75) is 45.8 Å². The molecular formula is C24H28N4O2. The van der Waals surface area contributed by atoms with Gasteiger partial charge in [-0.25, -0.2) is 14.5 Å². The lowest BCUT2D eigenvalue weighted by atomic mass is 10.0. The molecule has 6 nitrogen and oxygen atoms in total. The molecule has 2 heterocycles. The maximum absolute atomic E-state index is 12.7. The summed E-state index contributed by atoms with van der Waals surface area (Å²) in [6.07, 6.45) is 0.700. The second-order valence-corrected chi connectivity index (χ2v) is 8.14. The summed E-state index contributed by atoms with van der Waals surface area (Å²) >= 11 is 0. The SMILES string of the molecule is Cc1nc(C(=O)O[C@@H]2CCN(Cc3ccccc3)C2)nn1-c1ccccc1C(C)C. The number of carbonyl (C=O) groups is 1. The molecule has 30 heavy (non-hydrogen) atoms. The number of hydrogen-bond donors (Lipinski definition) is 0. The molecule has 0 spiro atoms. The van der Waals surface area contributed by atoms with Gasteiger partial charge in [-0.15, -0.1) is 5.10 Å². The Morgan fingerprint density at radius 2 is 1.87 bits per heavy atom. The Morgan fingerprint density at radius 3 is 2.63 bits per heavy atom. The highest BCUT2D eigenvalue weighted by Crippen LogP contribution is 2.23. The van der Waals surface area contributed by atoms with Gasteiger partial charge in [-0.1, -0.05) is 62.4 Å². The molecule has 3 aromatic rings. The van der Waals surface area contributed by atoms with Gasteiger partial charge in [0.1, 0.15) is 11.9 Å². The molecule has 0 bridgehead atoms. The van der Waals surface area contributed by atoms with Gasteiger partial charge in [0.05, 0.1) is 5.69 Å². The van der Waals surface area contributed by atoms with Crippen LogP contribution < -0.4 is 0 Å². The van der Waals surface area contributed by atoms with Crippen molar-refractivity contribution in [1.29, 1.82) is 0 Å². The molecule has 0 aliphatic carbocycles. The smallest absolute Gasteiger partial charge is 0.378 e. The van der Waals surface area contributed by atoms with Crippen LogP contribution >= 0.6 is 0 Å². The Morgan fingerprint density at radius 1 is 1.13 bits per heavy atom. The Balaban J connectivity index is 1.42. The molecule has 1 aliphatic rings. The number of para-hydroxylation sites is 1. The van der Waals surface area contributed by atoms with Crippen molar-refractivity contribution in [1.82, 2.24) is 19.7 Å². The second kappa shape index (κ2) is 8.79. The van der Waals surface area contributed by atoms with Gasteiger partial charge in [-0.2, -0.15) is 0 Å². The van der Waals surface area contributed by atoms with Crippen LogP contribution in [-0.2, 0) is 11.3 Å². The molecule has 1 aliphatic heterocycles. The van der Waals surface area contributed by atoms with E-state index < -0.39 is 5.97 Å². The van der Waals surface area contributed by atoms with E-state index in [9.17, 15) is 4.79 Å². The molecule has 0 amide bonds. The number of nitrogens with zero attached hydrogens (tertiary/aromatic N) is 4. The van der Waals surface area contributed by atoms with Crippen molar-refractivity contribution in [3.8, 4) is 5.69 Å². The highest BCUT2D eigenvalue weighted by atomic mass is 16.5. The maximum atomic E-state index is 12.7. The molecule has 1 fully saturated rings. The van der Waals surface area contributed by atoms with Gasteiger partial charge in [0.25, 0.3) is 5.82 Å². The predicted molar refractivity (Wildman–Crippen MR) is 116 cm³/mol. The first kappa shape index (κ1) is 20.3. The van der Waals surface area contributed by atoms with Gasteiger partial charge in [-0.05, 0) is 36.5 Å². The number of aryl methyl sites for hydroxylation is 1. The third-order valence-corrected chi connectivity index (χ3v) is 5.49. The largest absolute Gasteiger partial charge is 0.455 e. The highest BCUT2D eigenvalue weighted by Gasteiger charge is 2.28. The van der Waals surface area contributed by atoms with E-state index in [1.165, 1.54) is 5.56 Å². The molecule has 0 saturated carbocycles. The maximum Gasteiger partial charge on any atom is 0.378 e. The molecule has 0 radical (unpaired) electrons. The van der Waals surface area contributed by atoms with E-state index >= 15 is 0 Å². The lowest BCUT2D eigenvalue weighted by Gasteiger charge is -2.15. The molecule has 0 N–H and O–H groups in total. The predicted octanol–water partition coefficient (Wildman–Crippen LogP) is 4.13. The lowest BCUT2D eigenvalue weighted by molar-refractivity contribution is 0.0306. The van der Waals surface area contributed by atoms with Gasteiger partial charge in [0, 0.05) is 19.6 Å². The first-order valence-corrected chi connectivity index (χ1v) is 10.5. The fourth-order valence-corrected chi connectivity index (χ4v) is 3.96. The first-order chi connectivity index (χ1) is 14.5. The molecule has 1 atom stereocenters. The molecule has 2 aromatic carbocycles. The summed E-state index contributed by atoms with van der Waals surface area (Å²) in [6.45, 7) is 8.65. The number of aromatic nitrogens is 3. The summed E-state index contributed by atoms with van der Waals surface area (Å²) in [4.78, 5) is 19.4. The summed E-state index contributed by atoms with van der Waals surface area (Å²) in [5.41, 5.74) is 3.38.